The lowest BCUT2D eigenvalue weighted by Crippen LogP contribution is -2.23. The molecule has 1 saturated heterocycles. The van der Waals surface area contributed by atoms with Gasteiger partial charge in [0.15, 0.2) is 16.7 Å². The first kappa shape index (κ1) is 23.9. The van der Waals surface area contributed by atoms with Gasteiger partial charge < -0.3 is 14.2 Å². The summed E-state index contributed by atoms with van der Waals surface area (Å²) in [7, 11) is 3.26. The summed E-state index contributed by atoms with van der Waals surface area (Å²) in [5.74, 6) is 0.666. The minimum atomic E-state index is -0.378. The van der Waals surface area contributed by atoms with Crippen LogP contribution in [0.5, 0.6) is 11.5 Å². The van der Waals surface area contributed by atoms with E-state index in [4.69, 9.17) is 14.2 Å². The Balaban J connectivity index is 1.85. The molecule has 1 aliphatic rings. The SMILES string of the molecule is CCOC(=O)c1ccc(N=C2S/C(=C/c3cc(Br)c(OC)c(OCC)c3)C(=O)N2C)cc1. The average molecular weight is 519 g/mol. The lowest BCUT2D eigenvalue weighted by molar-refractivity contribution is -0.121. The first-order valence-corrected chi connectivity index (χ1v) is 11.5. The van der Waals surface area contributed by atoms with Crippen molar-refractivity contribution in [2.45, 2.75) is 13.8 Å². The van der Waals surface area contributed by atoms with Gasteiger partial charge in [0.2, 0.25) is 0 Å². The van der Waals surface area contributed by atoms with E-state index in [1.165, 1.54) is 16.7 Å². The number of esters is 1. The minimum Gasteiger partial charge on any atom is -0.492 e. The van der Waals surface area contributed by atoms with Gasteiger partial charge in [-0.25, -0.2) is 9.79 Å². The topological polar surface area (TPSA) is 77.4 Å². The van der Waals surface area contributed by atoms with E-state index >= 15 is 0 Å². The third-order valence-corrected chi connectivity index (χ3v) is 6.09. The van der Waals surface area contributed by atoms with Gasteiger partial charge in [-0.15, -0.1) is 0 Å². The van der Waals surface area contributed by atoms with Gasteiger partial charge in [-0.05, 0) is 89.6 Å². The largest absolute Gasteiger partial charge is 0.492 e. The van der Waals surface area contributed by atoms with Gasteiger partial charge in [0.25, 0.3) is 5.91 Å². The molecular weight excluding hydrogens is 496 g/mol. The Morgan fingerprint density at radius 2 is 1.91 bits per heavy atom. The van der Waals surface area contributed by atoms with Crippen LogP contribution in [0.1, 0.15) is 29.8 Å². The summed E-state index contributed by atoms with van der Waals surface area (Å²) in [6.07, 6.45) is 1.79. The number of amides is 1. The van der Waals surface area contributed by atoms with E-state index in [-0.39, 0.29) is 11.9 Å². The number of thioether (sulfide) groups is 1. The van der Waals surface area contributed by atoms with Gasteiger partial charge in [0, 0.05) is 7.05 Å². The molecule has 1 amide bonds. The molecule has 7 nitrogen and oxygen atoms in total. The number of nitrogens with zero attached hydrogens (tertiary/aromatic N) is 2. The van der Waals surface area contributed by atoms with Crippen LogP contribution in [0.25, 0.3) is 6.08 Å². The fourth-order valence-corrected chi connectivity index (χ4v) is 4.54. The van der Waals surface area contributed by atoms with Crippen LogP contribution in [0.4, 0.5) is 5.69 Å². The van der Waals surface area contributed by atoms with E-state index in [9.17, 15) is 9.59 Å². The van der Waals surface area contributed by atoms with Crippen molar-refractivity contribution < 1.29 is 23.8 Å². The number of carbonyl (C=O) groups excluding carboxylic acids is 2. The molecule has 0 atom stereocenters. The maximum atomic E-state index is 12.8. The first-order valence-electron chi connectivity index (χ1n) is 9.91. The number of hydrogen-bond acceptors (Lipinski definition) is 7. The van der Waals surface area contributed by atoms with Gasteiger partial charge in [0.1, 0.15) is 0 Å². The van der Waals surface area contributed by atoms with Crippen LogP contribution in [0.3, 0.4) is 0 Å². The second kappa shape index (κ2) is 10.7. The lowest BCUT2D eigenvalue weighted by Gasteiger charge is -2.12. The minimum absolute atomic E-state index is 0.151. The number of hydrogen-bond donors (Lipinski definition) is 0. The van der Waals surface area contributed by atoms with Crippen molar-refractivity contribution >= 4 is 56.5 Å². The predicted molar refractivity (Wildman–Crippen MR) is 130 cm³/mol. The van der Waals surface area contributed by atoms with Crippen molar-refractivity contribution in [2.75, 3.05) is 27.4 Å². The van der Waals surface area contributed by atoms with Crippen molar-refractivity contribution in [3.05, 3.63) is 56.9 Å². The van der Waals surface area contributed by atoms with Crippen LogP contribution in [0.15, 0.2) is 50.8 Å². The molecule has 168 valence electrons. The van der Waals surface area contributed by atoms with E-state index in [2.05, 4.69) is 20.9 Å². The molecule has 0 aliphatic carbocycles. The zero-order valence-corrected chi connectivity index (χ0v) is 20.6. The number of aliphatic imine (C=N–C) groups is 1. The summed E-state index contributed by atoms with van der Waals surface area (Å²) in [4.78, 5) is 31.2. The Hall–Kier alpha value is -2.78. The summed E-state index contributed by atoms with van der Waals surface area (Å²) in [5, 5.41) is 0.544. The molecule has 0 bridgehead atoms. The van der Waals surface area contributed by atoms with Gasteiger partial charge in [-0.3, -0.25) is 9.69 Å². The summed E-state index contributed by atoms with van der Waals surface area (Å²) >= 11 is 4.77. The number of rotatable bonds is 7. The third kappa shape index (κ3) is 5.34. The Morgan fingerprint density at radius 1 is 1.19 bits per heavy atom. The number of ether oxygens (including phenoxy) is 3. The maximum Gasteiger partial charge on any atom is 0.338 e. The second-order valence-electron chi connectivity index (χ2n) is 6.60. The van der Waals surface area contributed by atoms with E-state index < -0.39 is 0 Å². The number of likely N-dealkylation sites (N-methyl/N-ethyl adjacent to an activating group) is 1. The van der Waals surface area contributed by atoms with Crippen molar-refractivity contribution in [3.8, 4) is 11.5 Å². The van der Waals surface area contributed by atoms with E-state index in [1.54, 1.807) is 51.4 Å². The van der Waals surface area contributed by atoms with E-state index in [0.29, 0.717) is 46.0 Å². The van der Waals surface area contributed by atoms with Gasteiger partial charge in [-0.1, -0.05) is 0 Å². The molecule has 1 aliphatic heterocycles. The Bertz CT molecular complexity index is 1080. The van der Waals surface area contributed by atoms with Gasteiger partial charge in [0.05, 0.1) is 41.0 Å². The highest BCUT2D eigenvalue weighted by Crippen LogP contribution is 2.39. The van der Waals surface area contributed by atoms with Crippen molar-refractivity contribution in [2.24, 2.45) is 4.99 Å². The van der Waals surface area contributed by atoms with Crippen LogP contribution in [0.2, 0.25) is 0 Å². The molecule has 0 saturated carbocycles. The molecule has 2 aromatic carbocycles. The Morgan fingerprint density at radius 3 is 2.53 bits per heavy atom. The van der Waals surface area contributed by atoms with Crippen LogP contribution in [-0.2, 0) is 9.53 Å². The zero-order valence-electron chi connectivity index (χ0n) is 18.2. The molecule has 0 unspecified atom stereocenters. The normalized spacial score (nSPS) is 16.0. The fraction of sp³-hybridized carbons (Fsp3) is 0.261. The van der Waals surface area contributed by atoms with E-state index in [1.807, 2.05) is 19.1 Å². The smallest absolute Gasteiger partial charge is 0.338 e. The zero-order chi connectivity index (χ0) is 23.3. The highest BCUT2D eigenvalue weighted by molar-refractivity contribution is 9.10. The molecule has 2 aromatic rings. The van der Waals surface area contributed by atoms with Crippen molar-refractivity contribution in [1.29, 1.82) is 0 Å². The summed E-state index contributed by atoms with van der Waals surface area (Å²) in [6, 6.07) is 10.4. The molecule has 0 radical (unpaired) electrons. The number of benzene rings is 2. The van der Waals surface area contributed by atoms with Crippen molar-refractivity contribution in [1.82, 2.24) is 4.90 Å². The lowest BCUT2D eigenvalue weighted by atomic mass is 10.2. The molecule has 1 heterocycles. The highest BCUT2D eigenvalue weighted by Gasteiger charge is 2.30. The molecule has 9 heteroatoms. The molecule has 1 fully saturated rings. The average Bonchev–Trinajstić information content (AvgIpc) is 3.02. The molecule has 0 N–H and O–H groups in total. The van der Waals surface area contributed by atoms with Crippen LogP contribution < -0.4 is 9.47 Å². The van der Waals surface area contributed by atoms with Gasteiger partial charge in [-0.2, -0.15) is 0 Å². The predicted octanol–water partition coefficient (Wildman–Crippen LogP) is 5.27. The number of amidine groups is 1. The second-order valence-corrected chi connectivity index (χ2v) is 8.47. The Labute approximate surface area is 199 Å². The third-order valence-electron chi connectivity index (χ3n) is 4.44. The number of carbonyl (C=O) groups is 2. The fourth-order valence-electron chi connectivity index (χ4n) is 2.93. The van der Waals surface area contributed by atoms with Crippen molar-refractivity contribution in [3.63, 3.8) is 0 Å². The van der Waals surface area contributed by atoms with Gasteiger partial charge >= 0.3 is 5.97 Å². The monoisotopic (exact) mass is 518 g/mol. The first-order chi connectivity index (χ1) is 15.4. The highest BCUT2D eigenvalue weighted by atomic mass is 79.9. The van der Waals surface area contributed by atoms with Crippen LogP contribution >= 0.6 is 27.7 Å². The standard InChI is InChI=1S/C23H23BrN2O5S/c1-5-30-18-12-14(11-17(24)20(18)29-4)13-19-21(27)26(3)23(32-19)25-16-9-7-15(8-10-16)22(28)31-6-2/h7-13H,5-6H2,1-4H3/b19-13+,25-23?. The molecule has 3 rings (SSSR count). The Kier molecular flexibility index (Phi) is 7.98. The molecule has 32 heavy (non-hydrogen) atoms. The summed E-state index contributed by atoms with van der Waals surface area (Å²) in [5.41, 5.74) is 1.88. The number of methoxy groups -OCH3 is 1. The molecule has 0 spiro atoms. The number of halogens is 1. The maximum absolute atomic E-state index is 12.8. The summed E-state index contributed by atoms with van der Waals surface area (Å²) in [6.45, 7) is 4.46. The summed E-state index contributed by atoms with van der Waals surface area (Å²) < 4.78 is 16.8. The molecular formula is C23H23BrN2O5S. The quantitative estimate of drug-likeness (QED) is 0.367. The molecule has 0 aromatic heterocycles. The van der Waals surface area contributed by atoms with E-state index in [0.717, 1.165) is 10.0 Å². The van der Waals surface area contributed by atoms with Crippen LogP contribution in [0, 0.1) is 0 Å². The van der Waals surface area contributed by atoms with Crippen LogP contribution in [-0.4, -0.2) is 49.3 Å².